The van der Waals surface area contributed by atoms with Gasteiger partial charge in [0.15, 0.2) is 11.3 Å². The van der Waals surface area contributed by atoms with Crippen molar-refractivity contribution in [2.75, 3.05) is 6.61 Å². The van der Waals surface area contributed by atoms with Crippen LogP contribution in [0.5, 0.6) is 0 Å². The molecule has 8 heteroatoms. The van der Waals surface area contributed by atoms with Crippen molar-refractivity contribution in [3.05, 3.63) is 71.3 Å². The molecular weight excluding hydrogens is 504 g/mol. The molecule has 4 heterocycles. The van der Waals surface area contributed by atoms with Gasteiger partial charge >= 0.3 is 11.9 Å². The van der Waals surface area contributed by atoms with Crippen LogP contribution in [0.1, 0.15) is 109 Å². The Morgan fingerprint density at radius 1 is 0.725 bits per heavy atom. The molecule has 3 fully saturated rings. The van der Waals surface area contributed by atoms with Crippen LogP contribution in [0.3, 0.4) is 0 Å². The van der Waals surface area contributed by atoms with Crippen molar-refractivity contribution in [1.29, 1.82) is 0 Å². The summed E-state index contributed by atoms with van der Waals surface area (Å²) in [6.45, 7) is 2.16. The van der Waals surface area contributed by atoms with Crippen molar-refractivity contribution in [3.8, 4) is 0 Å². The van der Waals surface area contributed by atoms with E-state index in [4.69, 9.17) is 9.47 Å². The first-order valence-electron chi connectivity index (χ1n) is 14.5. The number of ether oxygens (including phenoxy) is 2. The number of hydrogen-bond donors (Lipinski definition) is 0. The number of aromatic nitrogens is 4. The van der Waals surface area contributed by atoms with Gasteiger partial charge in [-0.1, -0.05) is 12.8 Å². The van der Waals surface area contributed by atoms with E-state index in [1.54, 1.807) is 19.2 Å². The fourth-order valence-electron chi connectivity index (χ4n) is 5.06. The summed E-state index contributed by atoms with van der Waals surface area (Å²) >= 11 is 0. The quantitative estimate of drug-likeness (QED) is 0.250. The highest BCUT2D eigenvalue weighted by Gasteiger charge is 2.24. The van der Waals surface area contributed by atoms with Gasteiger partial charge in [0.25, 0.3) is 0 Å². The molecule has 0 unspecified atom stereocenters. The first-order valence-corrected chi connectivity index (χ1v) is 14.5. The molecule has 4 aromatic heterocycles. The van der Waals surface area contributed by atoms with Crippen molar-refractivity contribution in [2.24, 2.45) is 0 Å². The molecule has 3 aliphatic carbocycles. The maximum atomic E-state index is 12.0. The smallest absolute Gasteiger partial charge is 0.339 e. The molecule has 0 radical (unpaired) electrons. The summed E-state index contributed by atoms with van der Waals surface area (Å²) in [6.07, 6.45) is 13.8. The summed E-state index contributed by atoms with van der Waals surface area (Å²) in [4.78, 5) is 41.5. The normalized spacial score (nSPS) is 17.2. The molecular formula is C32H34N4O4. The van der Waals surface area contributed by atoms with Crippen LogP contribution in [0.4, 0.5) is 0 Å². The number of rotatable bonds is 6. The fraction of sp³-hybridized carbons (Fsp3) is 0.438. The number of nitrogens with zero attached hydrogens (tertiary/aromatic N) is 4. The van der Waals surface area contributed by atoms with Gasteiger partial charge < -0.3 is 9.47 Å². The lowest BCUT2D eigenvalue weighted by molar-refractivity contribution is 0.00896. The van der Waals surface area contributed by atoms with Crippen LogP contribution in [0.25, 0.3) is 22.1 Å². The summed E-state index contributed by atoms with van der Waals surface area (Å²) in [5.41, 5.74) is 4.68. The Labute approximate surface area is 233 Å². The van der Waals surface area contributed by atoms with Gasteiger partial charge in [0.05, 0.1) is 17.7 Å². The minimum atomic E-state index is -0.333. The molecule has 4 aromatic rings. The number of fused-ring (bicyclic) bond motifs is 2. The third-order valence-corrected chi connectivity index (χ3v) is 8.25. The molecule has 0 N–H and O–H groups in total. The highest BCUT2D eigenvalue weighted by Crippen LogP contribution is 2.36. The Morgan fingerprint density at radius 2 is 1.23 bits per heavy atom. The summed E-state index contributed by atoms with van der Waals surface area (Å²) in [5.74, 6) is 0.590. The van der Waals surface area contributed by atoms with E-state index in [1.165, 1.54) is 44.7 Å². The van der Waals surface area contributed by atoms with E-state index >= 15 is 0 Å². The molecule has 8 nitrogen and oxygen atoms in total. The van der Waals surface area contributed by atoms with E-state index in [0.29, 0.717) is 35.2 Å². The lowest BCUT2D eigenvalue weighted by atomic mass is 9.82. The second kappa shape index (κ2) is 11.7. The molecule has 0 aliphatic heterocycles. The number of carbonyl (C=O) groups is 2. The molecule has 0 spiro atoms. The largest absolute Gasteiger partial charge is 0.462 e. The SMILES string of the molecule is CCOC(=O)c1cnc2nc(C3CCC3)ccc2c1.O=C(OC1CCC1)c1cnc2nc(C3CCC3)ccc2c1. The van der Waals surface area contributed by atoms with Crippen LogP contribution in [0.15, 0.2) is 48.8 Å². The van der Waals surface area contributed by atoms with Crippen molar-refractivity contribution in [2.45, 2.75) is 82.7 Å². The number of hydrogen-bond acceptors (Lipinski definition) is 8. The van der Waals surface area contributed by atoms with Crippen molar-refractivity contribution < 1.29 is 19.1 Å². The molecule has 40 heavy (non-hydrogen) atoms. The summed E-state index contributed by atoms with van der Waals surface area (Å²) in [7, 11) is 0. The lowest BCUT2D eigenvalue weighted by Crippen LogP contribution is -2.25. The van der Waals surface area contributed by atoms with Gasteiger partial charge in [-0.2, -0.15) is 0 Å². The number of pyridine rings is 4. The standard InChI is InChI=1S/C17H18N2O2.C15H16N2O2/c20-17(21-14-5-2-6-14)13-9-12-7-8-15(11-3-1-4-11)19-16(12)18-10-13;1-2-19-15(18)12-8-11-6-7-13(10-4-3-5-10)17-14(11)16-9-12/h7-11,14H,1-6H2;6-10H,2-5H2,1H3. The Balaban J connectivity index is 0.000000145. The maximum Gasteiger partial charge on any atom is 0.339 e. The molecule has 0 aromatic carbocycles. The van der Waals surface area contributed by atoms with Gasteiger partial charge in [0, 0.05) is 46.4 Å². The fourth-order valence-corrected chi connectivity index (χ4v) is 5.06. The number of esters is 2. The summed E-state index contributed by atoms with van der Waals surface area (Å²) < 4.78 is 10.4. The molecule has 7 rings (SSSR count). The molecule has 0 saturated heterocycles. The first kappa shape index (κ1) is 26.3. The highest BCUT2D eigenvalue weighted by atomic mass is 16.5. The van der Waals surface area contributed by atoms with Crippen LogP contribution < -0.4 is 0 Å². The zero-order valence-electron chi connectivity index (χ0n) is 22.8. The van der Waals surface area contributed by atoms with E-state index in [1.807, 2.05) is 24.3 Å². The lowest BCUT2D eigenvalue weighted by Gasteiger charge is -2.25. The Hall–Kier alpha value is -3.94. The van der Waals surface area contributed by atoms with Crippen LogP contribution in [-0.2, 0) is 9.47 Å². The van der Waals surface area contributed by atoms with E-state index in [9.17, 15) is 9.59 Å². The first-order chi connectivity index (χ1) is 19.6. The van der Waals surface area contributed by atoms with Gasteiger partial charge in [-0.15, -0.1) is 0 Å². The topological polar surface area (TPSA) is 104 Å². The Bertz CT molecular complexity index is 1540. The monoisotopic (exact) mass is 538 g/mol. The summed E-state index contributed by atoms with van der Waals surface area (Å²) in [6, 6.07) is 11.7. The predicted octanol–water partition coefficient (Wildman–Crippen LogP) is 6.68. The minimum Gasteiger partial charge on any atom is -0.462 e. The van der Waals surface area contributed by atoms with E-state index in [0.717, 1.165) is 47.1 Å². The molecule has 3 aliphatic rings. The van der Waals surface area contributed by atoms with Crippen molar-refractivity contribution in [1.82, 2.24) is 19.9 Å². The Kier molecular flexibility index (Phi) is 7.66. The number of carbonyl (C=O) groups excluding carboxylic acids is 2. The predicted molar refractivity (Wildman–Crippen MR) is 151 cm³/mol. The van der Waals surface area contributed by atoms with Gasteiger partial charge in [-0.3, -0.25) is 0 Å². The zero-order valence-corrected chi connectivity index (χ0v) is 22.8. The van der Waals surface area contributed by atoms with Crippen LogP contribution >= 0.6 is 0 Å². The van der Waals surface area contributed by atoms with Gasteiger partial charge in [0.2, 0.25) is 0 Å². The van der Waals surface area contributed by atoms with Crippen LogP contribution in [0.2, 0.25) is 0 Å². The van der Waals surface area contributed by atoms with Gasteiger partial charge in [-0.05, 0) is 88.3 Å². The van der Waals surface area contributed by atoms with Crippen molar-refractivity contribution in [3.63, 3.8) is 0 Å². The van der Waals surface area contributed by atoms with E-state index in [-0.39, 0.29) is 18.0 Å². The molecule has 206 valence electrons. The van der Waals surface area contributed by atoms with Gasteiger partial charge in [-0.25, -0.2) is 29.5 Å². The second-order valence-corrected chi connectivity index (χ2v) is 10.9. The molecule has 0 bridgehead atoms. The van der Waals surface area contributed by atoms with Crippen molar-refractivity contribution >= 4 is 34.0 Å². The third kappa shape index (κ3) is 5.67. The second-order valence-electron chi connectivity index (χ2n) is 10.9. The minimum absolute atomic E-state index is 0.104. The average molecular weight is 539 g/mol. The van der Waals surface area contributed by atoms with Crippen LogP contribution in [-0.4, -0.2) is 44.6 Å². The highest BCUT2D eigenvalue weighted by molar-refractivity contribution is 5.93. The van der Waals surface area contributed by atoms with Gasteiger partial charge in [0.1, 0.15) is 6.10 Å². The van der Waals surface area contributed by atoms with E-state index in [2.05, 4.69) is 26.0 Å². The molecule has 3 saturated carbocycles. The third-order valence-electron chi connectivity index (χ3n) is 8.25. The zero-order chi connectivity index (χ0) is 27.5. The Morgan fingerprint density at radius 3 is 1.65 bits per heavy atom. The molecule has 0 amide bonds. The maximum absolute atomic E-state index is 12.0. The summed E-state index contributed by atoms with van der Waals surface area (Å²) in [5, 5.41) is 1.79. The van der Waals surface area contributed by atoms with Crippen LogP contribution in [0, 0.1) is 0 Å². The van der Waals surface area contributed by atoms with E-state index < -0.39 is 0 Å². The average Bonchev–Trinajstić information content (AvgIpc) is 2.88. The molecule has 0 atom stereocenters.